The van der Waals surface area contributed by atoms with E-state index in [-0.39, 0.29) is 23.6 Å². The lowest BCUT2D eigenvalue weighted by Crippen LogP contribution is -2.35. The lowest BCUT2D eigenvalue weighted by molar-refractivity contribution is 0.275. The maximum Gasteiger partial charge on any atom is 0.353 e. The third kappa shape index (κ3) is 6.11. The molecule has 4 N–H and O–H groups in total. The third-order valence-corrected chi connectivity index (χ3v) is 10.7. The lowest BCUT2D eigenvalue weighted by Gasteiger charge is -2.31. The molecule has 2 heterocycles. The van der Waals surface area contributed by atoms with Gasteiger partial charge in [-0.2, -0.15) is 36.6 Å². The maximum atomic E-state index is 12.8. The van der Waals surface area contributed by atoms with Crippen LogP contribution in [-0.4, -0.2) is 80.7 Å². The van der Waals surface area contributed by atoms with Crippen LogP contribution in [0.3, 0.4) is 0 Å². The second-order valence-corrected chi connectivity index (χ2v) is 14.6. The number of nitrogens with one attached hydrogen (secondary N) is 4. The van der Waals surface area contributed by atoms with Crippen LogP contribution in [0, 0.1) is 0 Å². The fraction of sp³-hybridized carbons (Fsp3) is 0.292. The van der Waals surface area contributed by atoms with Gasteiger partial charge in [0.05, 0.1) is 11.7 Å². The van der Waals surface area contributed by atoms with Crippen molar-refractivity contribution in [2.45, 2.75) is 19.0 Å². The number of aromatic amines is 1. The Morgan fingerprint density at radius 1 is 0.872 bits per heavy atom. The van der Waals surface area contributed by atoms with Crippen LogP contribution in [0.15, 0.2) is 60.7 Å². The van der Waals surface area contributed by atoms with E-state index in [0.717, 1.165) is 19.7 Å². The zero-order valence-electron chi connectivity index (χ0n) is 22.1. The van der Waals surface area contributed by atoms with Crippen molar-refractivity contribution in [1.82, 2.24) is 29.6 Å². The van der Waals surface area contributed by atoms with Crippen molar-refractivity contribution < 1.29 is 16.8 Å². The topological polar surface area (TPSA) is 165 Å². The fourth-order valence-corrected chi connectivity index (χ4v) is 6.85. The fourth-order valence-electron chi connectivity index (χ4n) is 4.15. The lowest BCUT2D eigenvalue weighted by atomic mass is 9.99. The summed E-state index contributed by atoms with van der Waals surface area (Å²) in [7, 11) is -3.25. The first-order valence-corrected chi connectivity index (χ1v) is 15.3. The van der Waals surface area contributed by atoms with Gasteiger partial charge in [-0.25, -0.2) is 4.98 Å². The number of hydrogen-bond acceptors (Lipinski definition) is 10. The van der Waals surface area contributed by atoms with E-state index in [1.54, 1.807) is 24.3 Å². The molecule has 0 radical (unpaired) electrons. The van der Waals surface area contributed by atoms with Crippen LogP contribution < -0.4 is 15.4 Å². The average Bonchev–Trinajstić information content (AvgIpc) is 3.34. The number of nitrogens with zero attached hydrogens (tertiary/aromatic N) is 5. The molecule has 4 aromatic rings. The van der Waals surface area contributed by atoms with E-state index in [0.29, 0.717) is 26.8 Å². The summed E-state index contributed by atoms with van der Waals surface area (Å²) < 4.78 is 53.1. The van der Waals surface area contributed by atoms with E-state index in [1.165, 1.54) is 6.07 Å². The number of aromatic nitrogens is 4. The van der Waals surface area contributed by atoms with Crippen LogP contribution in [-0.2, 0) is 18.1 Å². The quantitative estimate of drug-likeness (QED) is 0.196. The van der Waals surface area contributed by atoms with Gasteiger partial charge in [0.2, 0.25) is 0 Å². The summed E-state index contributed by atoms with van der Waals surface area (Å²) >= 11 is 0. The molecular formula is C24H31N9O4S2. The minimum absolute atomic E-state index is 0.00222. The standard InChI is InChI=1S/C24H31N9O4S2/c1-16(23(32(2)3)17-9-7-6-8-10-17)25-22-14-13-20(30-38(34,35)39(36,37)33(4)5)24(27-22)26-18-11-12-19-21(15-18)29-31-28-19/h6-16,23,30H,1-5H3,(H2,25,26,27)(H,28,29,31)/t16-,23-/m1/s1. The molecule has 0 aliphatic rings. The Hall–Kier alpha value is -3.79. The highest BCUT2D eigenvalue weighted by atomic mass is 33.2. The van der Waals surface area contributed by atoms with E-state index < -0.39 is 18.1 Å². The number of pyridine rings is 1. The number of anilines is 4. The summed E-state index contributed by atoms with van der Waals surface area (Å²) in [6.45, 7) is 2.02. The van der Waals surface area contributed by atoms with E-state index in [9.17, 15) is 16.8 Å². The van der Waals surface area contributed by atoms with Crippen molar-refractivity contribution in [2.24, 2.45) is 0 Å². The zero-order valence-corrected chi connectivity index (χ0v) is 23.7. The molecule has 0 bridgehead atoms. The van der Waals surface area contributed by atoms with Crippen molar-refractivity contribution in [2.75, 3.05) is 43.5 Å². The number of benzene rings is 2. The average molecular weight is 574 g/mol. The van der Waals surface area contributed by atoms with Crippen LogP contribution in [0.4, 0.5) is 23.0 Å². The Kier molecular flexibility index (Phi) is 8.06. The predicted molar refractivity (Wildman–Crippen MR) is 153 cm³/mol. The Labute approximate surface area is 227 Å². The highest BCUT2D eigenvalue weighted by Crippen LogP contribution is 2.30. The molecule has 0 unspecified atom stereocenters. The van der Waals surface area contributed by atoms with Crippen molar-refractivity contribution in [3.8, 4) is 0 Å². The molecular weight excluding hydrogens is 542 g/mol. The van der Waals surface area contributed by atoms with Crippen LogP contribution in [0.1, 0.15) is 18.5 Å². The summed E-state index contributed by atoms with van der Waals surface area (Å²) in [6.07, 6.45) is 0. The second kappa shape index (κ2) is 11.1. The highest BCUT2D eigenvalue weighted by Gasteiger charge is 2.33. The number of H-pyrrole nitrogens is 1. The van der Waals surface area contributed by atoms with Crippen LogP contribution in [0.25, 0.3) is 11.0 Å². The minimum atomic E-state index is -4.84. The van der Waals surface area contributed by atoms with Crippen LogP contribution in [0.5, 0.6) is 0 Å². The van der Waals surface area contributed by atoms with E-state index in [2.05, 4.69) is 40.7 Å². The first kappa shape index (κ1) is 28.2. The number of likely N-dealkylation sites (N-methyl/N-ethyl adjacent to an activating group) is 1. The van der Waals surface area contributed by atoms with E-state index >= 15 is 0 Å². The molecule has 2 aromatic heterocycles. The molecule has 0 spiro atoms. The molecule has 0 saturated heterocycles. The van der Waals surface area contributed by atoms with E-state index in [1.807, 2.05) is 51.4 Å². The molecule has 0 saturated carbocycles. The molecule has 208 valence electrons. The molecule has 0 fully saturated rings. The van der Waals surface area contributed by atoms with Crippen molar-refractivity contribution in [3.63, 3.8) is 0 Å². The summed E-state index contributed by atoms with van der Waals surface area (Å²) in [5.74, 6) is 0.544. The van der Waals surface area contributed by atoms with Crippen molar-refractivity contribution in [3.05, 3.63) is 66.2 Å². The number of hydrogen-bond donors (Lipinski definition) is 4. The Morgan fingerprint density at radius 2 is 1.56 bits per heavy atom. The van der Waals surface area contributed by atoms with Gasteiger partial charge in [0.25, 0.3) is 0 Å². The van der Waals surface area contributed by atoms with Gasteiger partial charge in [-0.1, -0.05) is 30.3 Å². The summed E-state index contributed by atoms with van der Waals surface area (Å²) in [5, 5.41) is 17.1. The minimum Gasteiger partial charge on any atom is -0.366 e. The van der Waals surface area contributed by atoms with Gasteiger partial charge in [-0.15, -0.1) is 0 Å². The first-order chi connectivity index (χ1) is 18.4. The molecule has 15 heteroatoms. The molecule has 4 rings (SSSR count). The monoisotopic (exact) mass is 573 g/mol. The van der Waals surface area contributed by atoms with Gasteiger partial charge in [0.1, 0.15) is 16.9 Å². The van der Waals surface area contributed by atoms with E-state index in [4.69, 9.17) is 0 Å². The molecule has 39 heavy (non-hydrogen) atoms. The second-order valence-electron chi connectivity index (χ2n) is 9.29. The Balaban J connectivity index is 1.70. The Morgan fingerprint density at radius 3 is 2.23 bits per heavy atom. The van der Waals surface area contributed by atoms with Crippen LogP contribution >= 0.6 is 0 Å². The molecule has 2 aromatic carbocycles. The first-order valence-electron chi connectivity index (χ1n) is 11.9. The van der Waals surface area contributed by atoms with Gasteiger partial charge in [0, 0.05) is 25.8 Å². The molecule has 0 aliphatic heterocycles. The maximum absolute atomic E-state index is 12.8. The smallest absolute Gasteiger partial charge is 0.353 e. The normalized spacial score (nSPS) is 13.9. The molecule has 13 nitrogen and oxygen atoms in total. The zero-order chi connectivity index (χ0) is 28.4. The van der Waals surface area contributed by atoms with Gasteiger partial charge in [0.15, 0.2) is 5.82 Å². The van der Waals surface area contributed by atoms with Gasteiger partial charge >= 0.3 is 18.1 Å². The Bertz CT molecular complexity index is 1660. The summed E-state index contributed by atoms with van der Waals surface area (Å²) in [6, 6.07) is 18.1. The number of fused-ring (bicyclic) bond motifs is 1. The molecule has 0 amide bonds. The SMILES string of the molecule is C[C@@H](Nc1ccc(NS(=O)(=O)S(=O)(=O)N(C)C)c(Nc2ccc3n[nH]nc3c2)n1)[C@H](c1ccccc1)N(C)C. The van der Waals surface area contributed by atoms with Crippen molar-refractivity contribution >= 4 is 52.2 Å². The molecule has 2 atom stereocenters. The van der Waals surface area contributed by atoms with Crippen LogP contribution in [0.2, 0.25) is 0 Å². The summed E-state index contributed by atoms with van der Waals surface area (Å²) in [5.41, 5.74) is 2.83. The number of rotatable bonds is 11. The predicted octanol–water partition coefficient (Wildman–Crippen LogP) is 2.75. The largest absolute Gasteiger partial charge is 0.366 e. The van der Waals surface area contributed by atoms with Gasteiger partial charge < -0.3 is 15.5 Å². The van der Waals surface area contributed by atoms with Crippen molar-refractivity contribution in [1.29, 1.82) is 0 Å². The third-order valence-electron chi connectivity index (χ3n) is 5.98. The molecule has 0 aliphatic carbocycles. The summed E-state index contributed by atoms with van der Waals surface area (Å²) in [4.78, 5) is 6.69. The van der Waals surface area contributed by atoms with Gasteiger partial charge in [-0.05, 0) is 56.9 Å². The highest BCUT2D eigenvalue weighted by molar-refractivity contribution is 8.66. The van der Waals surface area contributed by atoms with Gasteiger partial charge in [-0.3, -0.25) is 4.72 Å².